The molecule has 5 rings (SSSR count). The lowest BCUT2D eigenvalue weighted by Gasteiger charge is -2.64. The van der Waals surface area contributed by atoms with E-state index in [2.05, 4.69) is 31.4 Å². The van der Waals surface area contributed by atoms with Crippen molar-refractivity contribution >= 4 is 30.7 Å². The van der Waals surface area contributed by atoms with Crippen molar-refractivity contribution in [3.05, 3.63) is 34.9 Å². The van der Waals surface area contributed by atoms with Crippen LogP contribution in [-0.4, -0.2) is 47.9 Å². The van der Waals surface area contributed by atoms with Gasteiger partial charge in [0.1, 0.15) is 11.1 Å². The van der Waals surface area contributed by atoms with Crippen LogP contribution < -0.4 is 10.6 Å². The summed E-state index contributed by atoms with van der Waals surface area (Å²) in [6.45, 7) is 15.5. The van der Waals surface area contributed by atoms with Gasteiger partial charge in [-0.05, 0) is 95.8 Å². The molecule has 3 aliphatic carbocycles. The second-order valence-corrected chi connectivity index (χ2v) is 13.4. The summed E-state index contributed by atoms with van der Waals surface area (Å²) in [6.07, 6.45) is 1.96. The van der Waals surface area contributed by atoms with Crippen LogP contribution in [0.5, 0.6) is 0 Å². The lowest BCUT2D eigenvalue weighted by Crippen LogP contribution is -2.65. The molecule has 4 aliphatic rings. The predicted octanol–water partition coefficient (Wildman–Crippen LogP) is 4.94. The van der Waals surface area contributed by atoms with Gasteiger partial charge in [0.15, 0.2) is 0 Å². The van der Waals surface area contributed by atoms with Crippen LogP contribution in [0.25, 0.3) is 0 Å². The quantitative estimate of drug-likeness (QED) is 0.521. The summed E-state index contributed by atoms with van der Waals surface area (Å²) in [5.74, 6) is 0.241. The normalized spacial score (nSPS) is 29.6. The van der Waals surface area contributed by atoms with E-state index < -0.39 is 35.9 Å². The lowest BCUT2D eigenvalue weighted by atomic mass is 9.43. The molecule has 1 heterocycles. The fraction of sp³-hybridized carbons (Fsp3) is 0.704. The van der Waals surface area contributed by atoms with Gasteiger partial charge in [-0.1, -0.05) is 37.6 Å². The number of rotatable bonds is 6. The molecule has 0 spiro atoms. The Kier molecular flexibility index (Phi) is 6.98. The van der Waals surface area contributed by atoms with Gasteiger partial charge in [0.05, 0.1) is 17.6 Å². The van der Waals surface area contributed by atoms with Gasteiger partial charge in [0.25, 0.3) is 0 Å². The maximum absolute atomic E-state index is 13.4. The van der Waals surface area contributed by atoms with Crippen molar-refractivity contribution < 1.29 is 23.6 Å². The maximum atomic E-state index is 13.4. The third-order valence-corrected chi connectivity index (χ3v) is 8.62. The van der Waals surface area contributed by atoms with E-state index in [0.717, 1.165) is 18.4 Å². The molecule has 1 aliphatic heterocycles. The highest BCUT2D eigenvalue weighted by Crippen LogP contribution is 2.65. The Morgan fingerprint density at radius 3 is 2.36 bits per heavy atom. The Hall–Kier alpha value is -1.77. The highest BCUT2D eigenvalue weighted by molar-refractivity contribution is 6.48. The topological polar surface area (TPSA) is 85.9 Å². The van der Waals surface area contributed by atoms with E-state index in [1.54, 1.807) is 34.6 Å². The Bertz CT molecular complexity index is 1010. The molecule has 2 bridgehead atoms. The minimum Gasteiger partial charge on any atom is -0.444 e. The van der Waals surface area contributed by atoms with Crippen LogP contribution in [0.1, 0.15) is 73.8 Å². The molecule has 4 fully saturated rings. The minimum atomic E-state index is -1.21. The second kappa shape index (κ2) is 9.21. The fourth-order valence-electron chi connectivity index (χ4n) is 6.13. The van der Waals surface area contributed by atoms with Gasteiger partial charge in [0.2, 0.25) is 5.91 Å². The number of nitrogens with one attached hydrogen (secondary N) is 2. The van der Waals surface area contributed by atoms with Crippen molar-refractivity contribution in [1.82, 2.24) is 10.6 Å². The lowest BCUT2D eigenvalue weighted by molar-refractivity contribution is -0.199. The van der Waals surface area contributed by atoms with Gasteiger partial charge < -0.3 is 24.7 Å². The van der Waals surface area contributed by atoms with E-state index in [9.17, 15) is 9.59 Å². The number of carbonyl (C=O) groups is 2. The largest absolute Gasteiger partial charge is 0.482 e. The molecule has 1 aromatic rings. The molecule has 2 amide bonds. The SMILES string of the molecule is CC(C)(C)OC(=O)NC(C)(C)C(=O)N[C@@H](Cc1ccc(Cl)cc1)B1O[C@@H]2C[C@@H]3C[C@@H](C3(C)C)[C@]2(C)O1. The van der Waals surface area contributed by atoms with Gasteiger partial charge >= 0.3 is 13.2 Å². The zero-order chi connectivity index (χ0) is 26.7. The van der Waals surface area contributed by atoms with E-state index >= 15 is 0 Å². The molecule has 36 heavy (non-hydrogen) atoms. The van der Waals surface area contributed by atoms with Crippen molar-refractivity contribution in [2.24, 2.45) is 17.3 Å². The first-order valence-electron chi connectivity index (χ1n) is 12.9. The van der Waals surface area contributed by atoms with Gasteiger partial charge in [0, 0.05) is 5.02 Å². The molecule has 2 N–H and O–H groups in total. The number of hydrogen-bond donors (Lipinski definition) is 2. The van der Waals surface area contributed by atoms with E-state index in [0.29, 0.717) is 23.3 Å². The highest BCUT2D eigenvalue weighted by Gasteiger charge is 2.68. The van der Waals surface area contributed by atoms with Crippen LogP contribution >= 0.6 is 11.6 Å². The summed E-state index contributed by atoms with van der Waals surface area (Å²) in [7, 11) is -0.605. The number of benzene rings is 1. The second-order valence-electron chi connectivity index (χ2n) is 13.0. The highest BCUT2D eigenvalue weighted by atomic mass is 35.5. The molecule has 0 aromatic heterocycles. The fourth-order valence-corrected chi connectivity index (χ4v) is 6.25. The van der Waals surface area contributed by atoms with Crippen LogP contribution in [0.3, 0.4) is 0 Å². The Morgan fingerprint density at radius 2 is 1.78 bits per heavy atom. The first kappa shape index (κ1) is 27.3. The molecule has 3 saturated carbocycles. The van der Waals surface area contributed by atoms with Gasteiger partial charge in [-0.25, -0.2) is 4.79 Å². The molecular weight excluding hydrogens is 479 g/mol. The molecule has 1 aromatic carbocycles. The Balaban J connectivity index is 1.52. The van der Waals surface area contributed by atoms with Crippen LogP contribution in [0.4, 0.5) is 4.79 Å². The van der Waals surface area contributed by atoms with E-state index in [1.807, 2.05) is 24.3 Å². The molecule has 5 atom stereocenters. The predicted molar refractivity (Wildman–Crippen MR) is 141 cm³/mol. The number of hydrogen-bond acceptors (Lipinski definition) is 5. The van der Waals surface area contributed by atoms with Crippen molar-refractivity contribution in [1.29, 1.82) is 0 Å². The molecule has 1 saturated heterocycles. The van der Waals surface area contributed by atoms with Crippen LogP contribution in [0.15, 0.2) is 24.3 Å². The number of amides is 2. The minimum absolute atomic E-state index is 0.00297. The van der Waals surface area contributed by atoms with Crippen LogP contribution in [0, 0.1) is 17.3 Å². The zero-order valence-corrected chi connectivity index (χ0v) is 23.5. The Morgan fingerprint density at radius 1 is 1.14 bits per heavy atom. The summed E-state index contributed by atoms with van der Waals surface area (Å²) in [5, 5.41) is 6.45. The van der Waals surface area contributed by atoms with Crippen LogP contribution in [0.2, 0.25) is 5.02 Å². The molecule has 0 radical (unpaired) electrons. The Labute approximate surface area is 220 Å². The summed E-state index contributed by atoms with van der Waals surface area (Å²) in [6, 6.07) is 7.54. The van der Waals surface area contributed by atoms with Gasteiger partial charge in [-0.2, -0.15) is 0 Å². The van der Waals surface area contributed by atoms with Crippen molar-refractivity contribution in [3.63, 3.8) is 0 Å². The zero-order valence-electron chi connectivity index (χ0n) is 22.7. The molecule has 0 unspecified atom stereocenters. The van der Waals surface area contributed by atoms with Crippen molar-refractivity contribution in [3.8, 4) is 0 Å². The summed E-state index contributed by atoms with van der Waals surface area (Å²) >= 11 is 6.09. The smallest absolute Gasteiger partial charge is 0.444 e. The average molecular weight is 519 g/mol. The molecule has 9 heteroatoms. The van der Waals surface area contributed by atoms with E-state index in [-0.39, 0.29) is 17.4 Å². The molecule has 7 nitrogen and oxygen atoms in total. The summed E-state index contributed by atoms with van der Waals surface area (Å²) in [5.41, 5.74) is -1.05. The maximum Gasteiger partial charge on any atom is 0.482 e. The van der Waals surface area contributed by atoms with Gasteiger partial charge in [-0.3, -0.25) is 4.79 Å². The van der Waals surface area contributed by atoms with Crippen molar-refractivity contribution in [2.75, 3.05) is 0 Å². The number of halogens is 1. The number of ether oxygens (including phenoxy) is 1. The summed E-state index contributed by atoms with van der Waals surface area (Å²) < 4.78 is 18.5. The number of alkyl carbamates (subject to hydrolysis) is 1. The summed E-state index contributed by atoms with van der Waals surface area (Å²) in [4.78, 5) is 25.8. The van der Waals surface area contributed by atoms with Gasteiger partial charge in [-0.15, -0.1) is 0 Å². The number of carbonyl (C=O) groups excluding carboxylic acids is 2. The first-order valence-corrected chi connectivity index (χ1v) is 13.3. The van der Waals surface area contributed by atoms with Crippen molar-refractivity contribution in [2.45, 2.75) is 103 Å². The molecular formula is C27H40BClN2O5. The van der Waals surface area contributed by atoms with E-state index in [4.69, 9.17) is 25.6 Å². The third-order valence-electron chi connectivity index (χ3n) is 8.36. The monoisotopic (exact) mass is 518 g/mol. The average Bonchev–Trinajstić information content (AvgIpc) is 3.09. The third kappa shape index (κ3) is 5.27. The van der Waals surface area contributed by atoms with Crippen LogP contribution in [-0.2, 0) is 25.3 Å². The first-order chi connectivity index (χ1) is 16.5. The standard InChI is InChI=1S/C27H40BClN2O5/c1-24(2,3)34-23(33)31-26(6,7)22(32)30-21(13-16-9-11-18(29)12-10-16)28-35-20-15-17-14-19(25(17,4)5)27(20,8)36-28/h9-12,17,19-21H,13-15H2,1-8H3,(H,30,32)(H,31,33)/t17-,19-,20+,21-,27-/m0/s1. The van der Waals surface area contributed by atoms with E-state index in [1.165, 1.54) is 0 Å². The molecule has 198 valence electrons.